The summed E-state index contributed by atoms with van der Waals surface area (Å²) in [7, 11) is 4.43. The van der Waals surface area contributed by atoms with Gasteiger partial charge in [-0.15, -0.1) is 5.10 Å². The van der Waals surface area contributed by atoms with Gasteiger partial charge in [0.1, 0.15) is 11.8 Å². The Morgan fingerprint density at radius 2 is 1.51 bits per heavy atom. The summed E-state index contributed by atoms with van der Waals surface area (Å²) >= 11 is 6.81. The van der Waals surface area contributed by atoms with Crippen molar-refractivity contribution >= 4 is 83.1 Å². The number of ketones is 1. The second-order valence-corrected chi connectivity index (χ2v) is 24.9. The Labute approximate surface area is 483 Å². The predicted molar refractivity (Wildman–Crippen MR) is 305 cm³/mol. The quantitative estimate of drug-likeness (QED) is 0.0568. The van der Waals surface area contributed by atoms with E-state index in [4.69, 9.17) is 14.2 Å². The number of Topliss-reactive ketones (excluding diaryl/α,β-unsaturated/α-hetero) is 1. The number of methoxy groups -OCH3 is 2. The van der Waals surface area contributed by atoms with Crippen LogP contribution in [0.15, 0.2) is 24.3 Å². The molecule has 444 valence electrons. The van der Waals surface area contributed by atoms with Crippen LogP contribution in [0.25, 0.3) is 0 Å². The first-order valence-corrected chi connectivity index (χ1v) is 31.1. The lowest BCUT2D eigenvalue weighted by molar-refractivity contribution is -0.149. The first-order chi connectivity index (χ1) is 37.3. The Bertz CT molecular complexity index is 2470. The highest BCUT2D eigenvalue weighted by molar-refractivity contribution is 9.09. The molecule has 22 nitrogen and oxygen atoms in total. The van der Waals surface area contributed by atoms with Gasteiger partial charge in [-0.05, 0) is 81.6 Å². The third kappa shape index (κ3) is 19.0. The number of ether oxygens (including phenoxy) is 3. The van der Waals surface area contributed by atoms with Gasteiger partial charge in [0.2, 0.25) is 33.7 Å². The van der Waals surface area contributed by atoms with Gasteiger partial charge in [-0.25, -0.2) is 13.1 Å². The summed E-state index contributed by atoms with van der Waals surface area (Å²) < 4.78 is 47.6. The topological polar surface area (TPSA) is 270 Å². The number of likely N-dealkylation sites (tertiary alicyclic amines) is 1. The van der Waals surface area contributed by atoms with Crippen LogP contribution < -0.4 is 25.6 Å². The van der Waals surface area contributed by atoms with Gasteiger partial charge in [-0.2, -0.15) is 0 Å². The summed E-state index contributed by atoms with van der Waals surface area (Å²) in [6, 6.07) is 3.57. The summed E-state index contributed by atoms with van der Waals surface area (Å²) in [5.41, 5.74) is 6.93. The SMILES string of the molecule is CC[C@H](C)[C@@H]([C@@H](CC(=O)N1CCC[C@H]1[C@H](OC)[C@@H](C)C(=O)N[C@@H](Cc1ccc(OCC(=O)NNC(=O)CCCn2nnc(CBr)c2CBr)cc1)C(=O)NS(=O)(=O)C1CC1)OC)N(C)C(=O)[C@@H](CC(=O)[C@H](C(C)C)N(C)C)C(C)C. The minimum atomic E-state index is -4.00. The Hall–Kier alpha value is -4.56. The first-order valence-electron chi connectivity index (χ1n) is 27.3. The number of aryl methyl sites for hydroxylation is 1. The van der Waals surface area contributed by atoms with Crippen molar-refractivity contribution in [3.63, 3.8) is 0 Å². The van der Waals surface area contributed by atoms with Crippen molar-refractivity contribution in [1.29, 1.82) is 0 Å². The van der Waals surface area contributed by atoms with Gasteiger partial charge in [0.15, 0.2) is 12.4 Å². The molecule has 0 bridgehead atoms. The number of likely N-dealkylation sites (N-methyl/N-ethyl adjacent to an activating group) is 2. The molecule has 2 aliphatic rings. The molecular formula is C54H86Br2N10O12S. The molecule has 0 spiro atoms. The molecule has 4 rings (SSSR count). The van der Waals surface area contributed by atoms with E-state index in [0.29, 0.717) is 67.8 Å². The number of carbonyl (C=O) groups is 7. The van der Waals surface area contributed by atoms with Crippen molar-refractivity contribution in [2.45, 2.75) is 172 Å². The number of rotatable bonds is 33. The molecule has 2 aromatic rings. The van der Waals surface area contributed by atoms with Gasteiger partial charge in [0.25, 0.3) is 11.8 Å². The molecular weight excluding hydrogens is 1170 g/mol. The number of aromatic nitrogens is 3. The summed E-state index contributed by atoms with van der Waals surface area (Å²) in [6.07, 6.45) is 1.55. The van der Waals surface area contributed by atoms with Crippen LogP contribution in [0.5, 0.6) is 5.75 Å². The highest BCUT2D eigenvalue weighted by Gasteiger charge is 2.44. The van der Waals surface area contributed by atoms with E-state index in [1.165, 1.54) is 14.2 Å². The zero-order valence-corrected chi connectivity index (χ0v) is 52.1. The monoisotopic (exact) mass is 1260 g/mol. The lowest BCUT2D eigenvalue weighted by Crippen LogP contribution is -2.55. The van der Waals surface area contributed by atoms with E-state index in [9.17, 15) is 42.0 Å². The van der Waals surface area contributed by atoms with Gasteiger partial charge < -0.3 is 29.3 Å². The van der Waals surface area contributed by atoms with E-state index >= 15 is 0 Å². The van der Waals surface area contributed by atoms with E-state index in [-0.39, 0.29) is 72.8 Å². The fourth-order valence-electron chi connectivity index (χ4n) is 10.5. The number of sulfonamides is 1. The van der Waals surface area contributed by atoms with Crippen LogP contribution in [0.4, 0.5) is 0 Å². The molecule has 9 atom stereocenters. The van der Waals surface area contributed by atoms with Crippen LogP contribution in [0.1, 0.15) is 123 Å². The molecule has 6 amide bonds. The molecule has 1 aliphatic carbocycles. The molecule has 1 aliphatic heterocycles. The Morgan fingerprint density at radius 1 is 0.848 bits per heavy atom. The lowest BCUT2D eigenvalue weighted by Gasteiger charge is -2.41. The van der Waals surface area contributed by atoms with E-state index in [1.807, 2.05) is 60.5 Å². The number of nitrogens with zero attached hydrogens (tertiary/aromatic N) is 6. The van der Waals surface area contributed by atoms with Crippen molar-refractivity contribution in [1.82, 2.24) is 50.6 Å². The number of carbonyl (C=O) groups excluding carboxylic acids is 7. The maximum atomic E-state index is 14.5. The maximum absolute atomic E-state index is 14.5. The highest BCUT2D eigenvalue weighted by Crippen LogP contribution is 2.32. The van der Waals surface area contributed by atoms with Gasteiger partial charge in [-0.1, -0.05) is 104 Å². The molecule has 79 heavy (non-hydrogen) atoms. The smallest absolute Gasteiger partial charge is 0.276 e. The zero-order chi connectivity index (χ0) is 58.9. The number of benzene rings is 1. The van der Waals surface area contributed by atoms with Crippen LogP contribution in [0.3, 0.4) is 0 Å². The van der Waals surface area contributed by atoms with Crippen LogP contribution in [0.2, 0.25) is 0 Å². The molecule has 1 aromatic heterocycles. The minimum Gasteiger partial charge on any atom is -0.484 e. The largest absolute Gasteiger partial charge is 0.484 e. The molecule has 25 heteroatoms. The van der Waals surface area contributed by atoms with E-state index < -0.39 is 87.7 Å². The van der Waals surface area contributed by atoms with E-state index in [1.54, 1.807) is 52.7 Å². The number of alkyl halides is 2. The molecule has 1 aromatic carbocycles. The molecule has 4 N–H and O–H groups in total. The fraction of sp³-hybridized carbons (Fsp3) is 0.722. The zero-order valence-electron chi connectivity index (χ0n) is 48.1. The number of hydrogen-bond donors (Lipinski definition) is 4. The summed E-state index contributed by atoms with van der Waals surface area (Å²) in [4.78, 5) is 101. The molecule has 1 saturated carbocycles. The van der Waals surface area contributed by atoms with E-state index in [2.05, 4.69) is 63.1 Å². The normalized spacial score (nSPS) is 17.8. The van der Waals surface area contributed by atoms with Crippen molar-refractivity contribution in [2.75, 3.05) is 48.5 Å². The van der Waals surface area contributed by atoms with Crippen LogP contribution in [-0.4, -0.2) is 169 Å². The summed E-state index contributed by atoms with van der Waals surface area (Å²) in [5.74, 6) is -4.38. The summed E-state index contributed by atoms with van der Waals surface area (Å²) in [5, 5.41) is 11.4. The Morgan fingerprint density at radius 3 is 2.06 bits per heavy atom. The predicted octanol–water partition coefficient (Wildman–Crippen LogP) is 4.45. The first kappa shape index (κ1) is 66.9. The van der Waals surface area contributed by atoms with Crippen molar-refractivity contribution < 1.29 is 56.2 Å². The van der Waals surface area contributed by atoms with Crippen LogP contribution in [0, 0.1) is 29.6 Å². The minimum absolute atomic E-state index is 0.000167. The third-order valence-electron chi connectivity index (χ3n) is 15.2. The van der Waals surface area contributed by atoms with Crippen molar-refractivity contribution in [3.8, 4) is 5.75 Å². The molecule has 0 radical (unpaired) electrons. The Balaban J connectivity index is 1.41. The maximum Gasteiger partial charge on any atom is 0.276 e. The molecule has 0 unspecified atom stereocenters. The second kappa shape index (κ2) is 31.6. The lowest BCUT2D eigenvalue weighted by atomic mass is 9.83. The standard InChI is InChI=1S/C54H86Br2N10O12S/c1-13-34(6)50(64(10)54(73)39(32(2)3)27-44(67)49(33(4)5)63(8)9)45(76-11)28-48(70)65-24-14-16-42(65)51(77-12)35(7)52(71)57-40(53(72)61-79(74,75)38-22-23-38)26-36-18-20-37(21-19-36)78-31-47(69)60-59-46(68)17-15-25-66-43(30-56)41(29-55)58-62-66/h18-21,32-35,38-40,42,45,49-51H,13-17,22-31H2,1-12H3,(H,57,71)(H,59,68)(H,60,69)(H,61,72)/t34-,35+,39-,40-,42-,45+,49-,50-,51+/m0/s1. The van der Waals surface area contributed by atoms with Crippen molar-refractivity contribution in [2.24, 2.45) is 29.6 Å². The van der Waals surface area contributed by atoms with Crippen molar-refractivity contribution in [3.05, 3.63) is 41.2 Å². The van der Waals surface area contributed by atoms with Gasteiger partial charge >= 0.3 is 0 Å². The third-order valence-corrected chi connectivity index (χ3v) is 18.1. The number of hydrogen-bond acceptors (Lipinski definition) is 15. The van der Waals surface area contributed by atoms with E-state index in [0.717, 1.165) is 11.4 Å². The number of amides is 6. The Kier molecular flexibility index (Phi) is 26.8. The van der Waals surface area contributed by atoms with Crippen LogP contribution in [-0.2, 0) is 76.7 Å². The molecule has 2 fully saturated rings. The number of nitrogens with one attached hydrogen (secondary N) is 4. The second-order valence-electron chi connectivity index (χ2n) is 21.8. The van der Waals surface area contributed by atoms with Gasteiger partial charge in [0.05, 0.1) is 59.3 Å². The molecule has 2 heterocycles. The van der Waals surface area contributed by atoms with Crippen LogP contribution >= 0.6 is 31.9 Å². The average molecular weight is 1260 g/mol. The summed E-state index contributed by atoms with van der Waals surface area (Å²) in [6.45, 7) is 13.9. The fourth-order valence-corrected chi connectivity index (χ4v) is 12.9. The van der Waals surface area contributed by atoms with Gasteiger partial charge in [-0.3, -0.25) is 54.0 Å². The van der Waals surface area contributed by atoms with Gasteiger partial charge in [0, 0.05) is 70.2 Å². The number of hydrazine groups is 1. The number of halogens is 2. The highest BCUT2D eigenvalue weighted by atomic mass is 79.9. The molecule has 1 saturated heterocycles. The average Bonchev–Trinajstić information content (AvgIpc) is 4.07.